The first-order chi connectivity index (χ1) is 8.72. The topological polar surface area (TPSA) is 67.8 Å². The van der Waals surface area contributed by atoms with Gasteiger partial charge in [-0.15, -0.1) is 0 Å². The monoisotopic (exact) mass is 251 g/mol. The molecule has 1 aromatic carbocycles. The van der Waals surface area contributed by atoms with Crippen molar-refractivity contribution in [2.45, 2.75) is 13.3 Å². The van der Waals surface area contributed by atoms with Crippen molar-refractivity contribution in [2.75, 3.05) is 26.4 Å². The van der Waals surface area contributed by atoms with Crippen LogP contribution in [0.2, 0.25) is 0 Å². The van der Waals surface area contributed by atoms with E-state index in [9.17, 15) is 4.79 Å². The summed E-state index contributed by atoms with van der Waals surface area (Å²) in [6, 6.07) is 3.52. The van der Waals surface area contributed by atoms with E-state index in [1.807, 2.05) is 13.0 Å². The van der Waals surface area contributed by atoms with Crippen molar-refractivity contribution in [3.8, 4) is 11.5 Å². The molecule has 0 fully saturated rings. The van der Waals surface area contributed by atoms with Crippen LogP contribution in [0.15, 0.2) is 12.1 Å². The number of carbonyl (C=O) groups excluding carboxylic acids is 1. The van der Waals surface area contributed by atoms with Crippen LogP contribution in [0.3, 0.4) is 0 Å². The number of nitrogens with one attached hydrogen (secondary N) is 1. The third kappa shape index (κ3) is 2.73. The van der Waals surface area contributed by atoms with E-state index < -0.39 is 0 Å². The van der Waals surface area contributed by atoms with Crippen molar-refractivity contribution in [1.29, 1.82) is 0 Å². The van der Waals surface area contributed by atoms with Gasteiger partial charge in [0.2, 0.25) is 0 Å². The SMILES string of the molecule is Cc1cc2c(cc1C(=O)NCCCO)OCCO2. The Labute approximate surface area is 106 Å². The highest BCUT2D eigenvalue weighted by Gasteiger charge is 2.17. The van der Waals surface area contributed by atoms with Crippen LogP contribution in [0.4, 0.5) is 0 Å². The number of ether oxygens (including phenoxy) is 2. The average molecular weight is 251 g/mol. The number of aliphatic hydroxyl groups excluding tert-OH is 1. The Morgan fingerprint density at radius 1 is 1.33 bits per heavy atom. The van der Waals surface area contributed by atoms with Gasteiger partial charge in [0.25, 0.3) is 5.91 Å². The van der Waals surface area contributed by atoms with Crippen molar-refractivity contribution in [3.05, 3.63) is 23.3 Å². The molecule has 5 heteroatoms. The third-order valence-electron chi connectivity index (χ3n) is 2.75. The van der Waals surface area contributed by atoms with E-state index in [-0.39, 0.29) is 12.5 Å². The highest BCUT2D eigenvalue weighted by atomic mass is 16.6. The molecule has 0 aliphatic carbocycles. The molecular formula is C13H17NO4. The first-order valence-corrected chi connectivity index (χ1v) is 6.01. The summed E-state index contributed by atoms with van der Waals surface area (Å²) < 4.78 is 10.9. The Kier molecular flexibility index (Phi) is 4.04. The largest absolute Gasteiger partial charge is 0.486 e. The zero-order valence-corrected chi connectivity index (χ0v) is 10.4. The standard InChI is InChI=1S/C13H17NO4/c1-9-7-11-12(18-6-5-17-11)8-10(9)13(16)14-3-2-4-15/h7-8,15H,2-6H2,1H3,(H,14,16). The maximum atomic E-state index is 11.9. The number of fused-ring (bicyclic) bond motifs is 1. The third-order valence-corrected chi connectivity index (χ3v) is 2.75. The van der Waals surface area contributed by atoms with Crippen molar-refractivity contribution in [2.24, 2.45) is 0 Å². The van der Waals surface area contributed by atoms with Crippen molar-refractivity contribution in [1.82, 2.24) is 5.32 Å². The van der Waals surface area contributed by atoms with Gasteiger partial charge in [0.15, 0.2) is 11.5 Å². The van der Waals surface area contributed by atoms with Gasteiger partial charge in [0.05, 0.1) is 0 Å². The van der Waals surface area contributed by atoms with Crippen LogP contribution in [0.1, 0.15) is 22.3 Å². The molecule has 0 bridgehead atoms. The molecule has 18 heavy (non-hydrogen) atoms. The Morgan fingerprint density at radius 2 is 2.00 bits per heavy atom. The molecule has 98 valence electrons. The van der Waals surface area contributed by atoms with Crippen molar-refractivity contribution < 1.29 is 19.4 Å². The minimum atomic E-state index is -0.155. The molecule has 1 aromatic rings. The first-order valence-electron chi connectivity index (χ1n) is 6.01. The lowest BCUT2D eigenvalue weighted by atomic mass is 10.1. The minimum absolute atomic E-state index is 0.0698. The van der Waals surface area contributed by atoms with Crippen LogP contribution in [0.25, 0.3) is 0 Å². The minimum Gasteiger partial charge on any atom is -0.486 e. The van der Waals surface area contributed by atoms with E-state index in [1.165, 1.54) is 0 Å². The molecule has 0 radical (unpaired) electrons. The Balaban J connectivity index is 2.14. The van der Waals surface area contributed by atoms with Gasteiger partial charge in [0.1, 0.15) is 13.2 Å². The number of rotatable bonds is 4. The smallest absolute Gasteiger partial charge is 0.251 e. The van der Waals surface area contributed by atoms with Crippen LogP contribution in [-0.4, -0.2) is 37.4 Å². The van der Waals surface area contributed by atoms with Gasteiger partial charge in [-0.05, 0) is 31.0 Å². The van der Waals surface area contributed by atoms with Crippen LogP contribution in [0.5, 0.6) is 11.5 Å². The second-order valence-electron chi connectivity index (χ2n) is 4.14. The predicted octanol–water partition coefficient (Wildman–Crippen LogP) is 0.878. The highest BCUT2D eigenvalue weighted by molar-refractivity contribution is 5.96. The number of hydrogen-bond donors (Lipinski definition) is 2. The van der Waals surface area contributed by atoms with Crippen LogP contribution in [0, 0.1) is 6.92 Å². The van der Waals surface area contributed by atoms with Crippen LogP contribution in [-0.2, 0) is 0 Å². The maximum Gasteiger partial charge on any atom is 0.251 e. The van der Waals surface area contributed by atoms with Gasteiger partial charge >= 0.3 is 0 Å². The number of amides is 1. The molecule has 1 aliphatic rings. The molecule has 2 rings (SSSR count). The Morgan fingerprint density at radius 3 is 2.67 bits per heavy atom. The van der Waals surface area contributed by atoms with Crippen LogP contribution < -0.4 is 14.8 Å². The number of hydrogen-bond acceptors (Lipinski definition) is 4. The fraction of sp³-hybridized carbons (Fsp3) is 0.462. The summed E-state index contributed by atoms with van der Waals surface area (Å²) in [4.78, 5) is 11.9. The van der Waals surface area contributed by atoms with Gasteiger partial charge in [-0.2, -0.15) is 0 Å². The summed E-state index contributed by atoms with van der Waals surface area (Å²) in [5, 5.41) is 11.4. The zero-order valence-electron chi connectivity index (χ0n) is 10.4. The zero-order chi connectivity index (χ0) is 13.0. The highest BCUT2D eigenvalue weighted by Crippen LogP contribution is 2.32. The normalized spacial score (nSPS) is 13.2. The molecule has 0 unspecified atom stereocenters. The van der Waals surface area contributed by atoms with E-state index in [2.05, 4.69) is 5.32 Å². The molecule has 0 aromatic heterocycles. The maximum absolute atomic E-state index is 11.9. The number of aryl methyl sites for hydroxylation is 1. The summed E-state index contributed by atoms with van der Waals surface area (Å²) in [5.74, 6) is 1.14. The summed E-state index contributed by atoms with van der Waals surface area (Å²) in [6.45, 7) is 3.43. The summed E-state index contributed by atoms with van der Waals surface area (Å²) >= 11 is 0. The molecule has 5 nitrogen and oxygen atoms in total. The molecule has 0 spiro atoms. The Hall–Kier alpha value is -1.75. The van der Waals surface area contributed by atoms with Gasteiger partial charge in [-0.1, -0.05) is 0 Å². The van der Waals surface area contributed by atoms with Gasteiger partial charge in [-0.3, -0.25) is 4.79 Å². The fourth-order valence-electron chi connectivity index (χ4n) is 1.81. The second-order valence-corrected chi connectivity index (χ2v) is 4.14. The molecule has 1 aliphatic heterocycles. The molecule has 1 amide bonds. The number of aliphatic hydroxyl groups is 1. The van der Waals surface area contributed by atoms with Crippen molar-refractivity contribution >= 4 is 5.91 Å². The predicted molar refractivity (Wildman–Crippen MR) is 66.2 cm³/mol. The fourth-order valence-corrected chi connectivity index (χ4v) is 1.81. The first kappa shape index (κ1) is 12.7. The van der Waals surface area contributed by atoms with Crippen LogP contribution >= 0.6 is 0 Å². The molecule has 0 atom stereocenters. The van der Waals surface area contributed by atoms with Crippen molar-refractivity contribution in [3.63, 3.8) is 0 Å². The summed E-state index contributed by atoms with van der Waals surface area (Å²) in [5.41, 5.74) is 1.43. The molecule has 0 saturated carbocycles. The molecule has 0 saturated heterocycles. The number of carbonyl (C=O) groups is 1. The molecule has 1 heterocycles. The van der Waals surface area contributed by atoms with E-state index in [0.717, 1.165) is 5.56 Å². The quantitative estimate of drug-likeness (QED) is 0.779. The summed E-state index contributed by atoms with van der Waals surface area (Å²) in [7, 11) is 0. The van der Waals surface area contributed by atoms with E-state index in [4.69, 9.17) is 14.6 Å². The lowest BCUT2D eigenvalue weighted by Crippen LogP contribution is -2.26. The average Bonchev–Trinajstić information content (AvgIpc) is 2.38. The number of benzene rings is 1. The van der Waals surface area contributed by atoms with E-state index in [1.54, 1.807) is 6.07 Å². The van der Waals surface area contributed by atoms with Gasteiger partial charge in [0, 0.05) is 18.7 Å². The summed E-state index contributed by atoms with van der Waals surface area (Å²) in [6.07, 6.45) is 0.551. The van der Waals surface area contributed by atoms with Gasteiger partial charge < -0.3 is 19.9 Å². The lowest BCUT2D eigenvalue weighted by molar-refractivity contribution is 0.0949. The second kappa shape index (κ2) is 5.73. The lowest BCUT2D eigenvalue weighted by Gasteiger charge is -2.20. The van der Waals surface area contributed by atoms with E-state index >= 15 is 0 Å². The van der Waals surface area contributed by atoms with Gasteiger partial charge in [-0.25, -0.2) is 0 Å². The molecule has 2 N–H and O–H groups in total. The molecular weight excluding hydrogens is 234 g/mol. The van der Waals surface area contributed by atoms with E-state index in [0.29, 0.717) is 43.2 Å². The Bertz CT molecular complexity index is 445.